The molecule has 13 heavy (non-hydrogen) atoms. The summed E-state index contributed by atoms with van der Waals surface area (Å²) >= 11 is 0. The highest BCUT2D eigenvalue weighted by molar-refractivity contribution is 5.93. The molecular weight excluding hydrogens is 162 g/mol. The lowest BCUT2D eigenvalue weighted by Crippen LogP contribution is -2.51. The van der Waals surface area contributed by atoms with Crippen molar-refractivity contribution in [1.82, 2.24) is 0 Å². The van der Waals surface area contributed by atoms with Gasteiger partial charge in [-0.1, -0.05) is 12.1 Å². The van der Waals surface area contributed by atoms with Gasteiger partial charge < -0.3 is 5.21 Å². The lowest BCUT2D eigenvalue weighted by Gasteiger charge is -2.55. The third kappa shape index (κ3) is 0.918. The fourth-order valence-electron chi connectivity index (χ4n) is 4.38. The third-order valence-corrected chi connectivity index (χ3v) is 4.49. The molecule has 0 aromatic carbocycles. The first-order valence-electron chi connectivity index (χ1n) is 5.44. The summed E-state index contributed by atoms with van der Waals surface area (Å²) in [4.78, 5) is 0. The van der Waals surface area contributed by atoms with Crippen LogP contribution in [0.25, 0.3) is 0 Å². The van der Waals surface area contributed by atoms with Crippen LogP contribution < -0.4 is 0 Å². The molecule has 4 fully saturated rings. The first-order valence-corrected chi connectivity index (χ1v) is 5.44. The Labute approximate surface area is 79.0 Å². The first kappa shape index (κ1) is 7.84. The largest absolute Gasteiger partial charge is 0.411 e. The van der Waals surface area contributed by atoms with E-state index in [2.05, 4.69) is 12.1 Å². The fraction of sp³-hybridized carbons (Fsp3) is 0.909. The Morgan fingerprint density at radius 2 is 1.85 bits per heavy atom. The van der Waals surface area contributed by atoms with Crippen molar-refractivity contribution in [3.8, 4) is 0 Å². The van der Waals surface area contributed by atoms with Crippen LogP contribution in [-0.4, -0.2) is 10.9 Å². The highest BCUT2D eigenvalue weighted by atomic mass is 16.4. The van der Waals surface area contributed by atoms with Gasteiger partial charge in [0, 0.05) is 11.3 Å². The number of hydrogen-bond acceptors (Lipinski definition) is 2. The van der Waals surface area contributed by atoms with Crippen LogP contribution in [0.3, 0.4) is 0 Å². The van der Waals surface area contributed by atoms with E-state index in [0.29, 0.717) is 5.92 Å². The molecule has 4 aliphatic rings. The van der Waals surface area contributed by atoms with Crippen molar-refractivity contribution in [1.29, 1.82) is 0 Å². The minimum Gasteiger partial charge on any atom is -0.411 e. The van der Waals surface area contributed by atoms with E-state index in [0.717, 1.165) is 17.5 Å². The van der Waals surface area contributed by atoms with Gasteiger partial charge in [-0.25, -0.2) is 0 Å². The molecule has 0 radical (unpaired) electrons. The molecule has 2 heteroatoms. The Balaban J connectivity index is 2.03. The molecule has 0 aromatic heterocycles. The molecule has 2 atom stereocenters. The number of hydrogen-bond donors (Lipinski definition) is 1. The second kappa shape index (κ2) is 2.28. The van der Waals surface area contributed by atoms with Crippen molar-refractivity contribution in [3.05, 3.63) is 0 Å². The SMILES string of the molecule is CC12CC3CC(CC(C3)C1=NO)C2. The summed E-state index contributed by atoms with van der Waals surface area (Å²) in [6, 6.07) is 0. The number of nitrogens with zero attached hydrogens (tertiary/aromatic N) is 1. The Morgan fingerprint density at radius 1 is 1.23 bits per heavy atom. The Morgan fingerprint density at radius 3 is 2.31 bits per heavy atom. The zero-order valence-electron chi connectivity index (χ0n) is 8.16. The van der Waals surface area contributed by atoms with Crippen LogP contribution in [0.1, 0.15) is 39.0 Å². The van der Waals surface area contributed by atoms with E-state index in [4.69, 9.17) is 5.21 Å². The van der Waals surface area contributed by atoms with Crippen LogP contribution in [0, 0.1) is 23.2 Å². The average molecular weight is 179 g/mol. The molecule has 0 aromatic rings. The second-order valence-electron chi connectivity index (χ2n) is 5.59. The summed E-state index contributed by atoms with van der Waals surface area (Å²) in [6.45, 7) is 2.30. The zero-order valence-corrected chi connectivity index (χ0v) is 8.16. The smallest absolute Gasteiger partial charge is 0.0660 e. The lowest BCUT2D eigenvalue weighted by molar-refractivity contribution is 0.0527. The second-order valence-corrected chi connectivity index (χ2v) is 5.59. The van der Waals surface area contributed by atoms with Gasteiger partial charge in [0.2, 0.25) is 0 Å². The molecule has 4 aliphatic carbocycles. The number of oxime groups is 1. The predicted octanol–water partition coefficient (Wildman–Crippen LogP) is 2.66. The molecule has 4 bridgehead atoms. The van der Waals surface area contributed by atoms with Crippen molar-refractivity contribution in [2.24, 2.45) is 28.3 Å². The highest BCUT2D eigenvalue weighted by Gasteiger charge is 2.53. The minimum absolute atomic E-state index is 0.267. The van der Waals surface area contributed by atoms with E-state index in [9.17, 15) is 0 Å². The summed E-state index contributed by atoms with van der Waals surface area (Å²) in [5.74, 6) is 2.50. The Bertz CT molecular complexity index is 257. The van der Waals surface area contributed by atoms with E-state index in [1.165, 1.54) is 32.1 Å². The molecule has 0 aliphatic heterocycles. The van der Waals surface area contributed by atoms with Crippen LogP contribution in [0.2, 0.25) is 0 Å². The van der Waals surface area contributed by atoms with E-state index in [1.54, 1.807) is 0 Å². The molecule has 0 saturated heterocycles. The summed E-state index contributed by atoms with van der Waals surface area (Å²) in [7, 11) is 0. The van der Waals surface area contributed by atoms with Crippen molar-refractivity contribution >= 4 is 5.71 Å². The average Bonchev–Trinajstić information content (AvgIpc) is 2.00. The van der Waals surface area contributed by atoms with Crippen LogP contribution in [0.4, 0.5) is 0 Å². The van der Waals surface area contributed by atoms with Gasteiger partial charge in [-0.3, -0.25) is 0 Å². The highest BCUT2D eigenvalue weighted by Crippen LogP contribution is 2.58. The monoisotopic (exact) mass is 179 g/mol. The van der Waals surface area contributed by atoms with Gasteiger partial charge in [0.15, 0.2) is 0 Å². The molecule has 4 saturated carbocycles. The van der Waals surface area contributed by atoms with Gasteiger partial charge in [0.1, 0.15) is 0 Å². The van der Waals surface area contributed by atoms with Crippen LogP contribution >= 0.6 is 0 Å². The van der Waals surface area contributed by atoms with Crippen molar-refractivity contribution in [2.75, 3.05) is 0 Å². The first-order chi connectivity index (χ1) is 6.21. The van der Waals surface area contributed by atoms with Crippen LogP contribution in [0.15, 0.2) is 5.16 Å². The van der Waals surface area contributed by atoms with Crippen molar-refractivity contribution in [2.45, 2.75) is 39.0 Å². The van der Waals surface area contributed by atoms with Gasteiger partial charge in [0.05, 0.1) is 5.71 Å². The molecular formula is C11H17NO. The van der Waals surface area contributed by atoms with Crippen molar-refractivity contribution in [3.63, 3.8) is 0 Å². The summed E-state index contributed by atoms with van der Waals surface area (Å²) < 4.78 is 0. The quantitative estimate of drug-likeness (QED) is 0.450. The van der Waals surface area contributed by atoms with Gasteiger partial charge >= 0.3 is 0 Å². The third-order valence-electron chi connectivity index (χ3n) is 4.49. The van der Waals surface area contributed by atoms with E-state index < -0.39 is 0 Å². The predicted molar refractivity (Wildman–Crippen MR) is 50.9 cm³/mol. The molecule has 2 unspecified atom stereocenters. The van der Waals surface area contributed by atoms with E-state index in [-0.39, 0.29) is 5.41 Å². The molecule has 4 rings (SSSR count). The van der Waals surface area contributed by atoms with Crippen LogP contribution in [-0.2, 0) is 0 Å². The summed E-state index contributed by atoms with van der Waals surface area (Å²) in [5.41, 5.74) is 1.39. The number of rotatable bonds is 0. The van der Waals surface area contributed by atoms with E-state index in [1.807, 2.05) is 0 Å². The van der Waals surface area contributed by atoms with Gasteiger partial charge in [-0.2, -0.15) is 0 Å². The molecule has 0 spiro atoms. The fourth-order valence-corrected chi connectivity index (χ4v) is 4.38. The molecule has 1 N–H and O–H groups in total. The maximum absolute atomic E-state index is 9.05. The van der Waals surface area contributed by atoms with E-state index >= 15 is 0 Å². The van der Waals surface area contributed by atoms with Gasteiger partial charge in [-0.15, -0.1) is 0 Å². The van der Waals surface area contributed by atoms with Gasteiger partial charge in [0.25, 0.3) is 0 Å². The van der Waals surface area contributed by atoms with Crippen molar-refractivity contribution < 1.29 is 5.21 Å². The maximum atomic E-state index is 9.05. The standard InChI is InChI=1S/C11H17NO/c1-11-5-7-2-8(6-11)4-9(3-7)10(11)12-13/h7-9,13H,2-6H2,1H3. The Hall–Kier alpha value is -0.530. The normalized spacial score (nSPS) is 56.1. The summed E-state index contributed by atoms with van der Waals surface area (Å²) in [6.07, 6.45) is 6.60. The van der Waals surface area contributed by atoms with Gasteiger partial charge in [-0.05, 0) is 43.9 Å². The maximum Gasteiger partial charge on any atom is 0.0660 e. The molecule has 2 nitrogen and oxygen atoms in total. The summed E-state index contributed by atoms with van der Waals surface area (Å²) in [5, 5.41) is 12.6. The molecule has 0 amide bonds. The molecule has 72 valence electrons. The molecule has 0 heterocycles. The van der Waals surface area contributed by atoms with Crippen LogP contribution in [0.5, 0.6) is 0 Å². The Kier molecular flexibility index (Phi) is 1.38. The lowest BCUT2D eigenvalue weighted by atomic mass is 9.49. The zero-order chi connectivity index (χ0) is 9.05. The minimum atomic E-state index is 0.267. The topological polar surface area (TPSA) is 32.6 Å².